The summed E-state index contributed by atoms with van der Waals surface area (Å²) in [4.78, 5) is 0. The van der Waals surface area contributed by atoms with Crippen molar-refractivity contribution in [1.29, 1.82) is 0 Å². The van der Waals surface area contributed by atoms with Crippen molar-refractivity contribution >= 4 is 11.8 Å². The maximum absolute atomic E-state index is 3.48. The predicted octanol–water partition coefficient (Wildman–Crippen LogP) is 3.79. The van der Waals surface area contributed by atoms with Crippen molar-refractivity contribution in [1.82, 2.24) is 5.32 Å². The standard InChI is InChI=1S/C15H23NS/c1-12-3-5-14(6-4-12)15(16-2)11-13-7-9-17-10-8-13/h3-6,13,15-16H,7-11H2,1-2H3. The minimum Gasteiger partial charge on any atom is -0.313 e. The van der Waals surface area contributed by atoms with Gasteiger partial charge in [0.05, 0.1) is 0 Å². The fraction of sp³-hybridized carbons (Fsp3) is 0.600. The predicted molar refractivity (Wildman–Crippen MR) is 77.6 cm³/mol. The van der Waals surface area contributed by atoms with Crippen LogP contribution in [-0.2, 0) is 0 Å². The number of hydrogen-bond donors (Lipinski definition) is 1. The molecule has 0 aromatic heterocycles. The number of benzene rings is 1. The van der Waals surface area contributed by atoms with Crippen molar-refractivity contribution < 1.29 is 0 Å². The van der Waals surface area contributed by atoms with Crippen molar-refractivity contribution in [3.05, 3.63) is 35.4 Å². The molecule has 1 fully saturated rings. The lowest BCUT2D eigenvalue weighted by Gasteiger charge is -2.26. The Bertz CT molecular complexity index is 327. The molecule has 0 aliphatic carbocycles. The molecule has 1 saturated heterocycles. The zero-order chi connectivity index (χ0) is 12.1. The van der Waals surface area contributed by atoms with Crippen LogP contribution in [0.5, 0.6) is 0 Å². The van der Waals surface area contributed by atoms with Gasteiger partial charge in [0, 0.05) is 6.04 Å². The zero-order valence-corrected chi connectivity index (χ0v) is 11.7. The van der Waals surface area contributed by atoms with Crippen molar-refractivity contribution in [3.63, 3.8) is 0 Å². The van der Waals surface area contributed by atoms with Gasteiger partial charge >= 0.3 is 0 Å². The molecule has 0 amide bonds. The maximum Gasteiger partial charge on any atom is 0.0320 e. The van der Waals surface area contributed by atoms with Crippen LogP contribution in [0.1, 0.15) is 36.4 Å². The molecule has 2 heteroatoms. The molecule has 2 rings (SSSR count). The highest BCUT2D eigenvalue weighted by molar-refractivity contribution is 7.99. The summed E-state index contributed by atoms with van der Waals surface area (Å²) in [6.45, 7) is 2.15. The molecule has 94 valence electrons. The van der Waals surface area contributed by atoms with Gasteiger partial charge in [-0.2, -0.15) is 11.8 Å². The summed E-state index contributed by atoms with van der Waals surface area (Å²) < 4.78 is 0. The summed E-state index contributed by atoms with van der Waals surface area (Å²) in [6.07, 6.45) is 4.09. The lowest BCUT2D eigenvalue weighted by atomic mass is 9.90. The molecule has 0 bridgehead atoms. The van der Waals surface area contributed by atoms with Crippen molar-refractivity contribution in [2.75, 3.05) is 18.6 Å². The highest BCUT2D eigenvalue weighted by Crippen LogP contribution is 2.30. The Hall–Kier alpha value is -0.470. The van der Waals surface area contributed by atoms with Crippen LogP contribution in [0.4, 0.5) is 0 Å². The Morgan fingerprint density at radius 3 is 2.47 bits per heavy atom. The summed E-state index contributed by atoms with van der Waals surface area (Å²) in [5, 5.41) is 3.48. The summed E-state index contributed by atoms with van der Waals surface area (Å²) >= 11 is 2.11. The molecular weight excluding hydrogens is 226 g/mol. The highest BCUT2D eigenvalue weighted by Gasteiger charge is 2.19. The van der Waals surface area contributed by atoms with E-state index in [2.05, 4.69) is 55.3 Å². The molecular formula is C15H23NS. The Morgan fingerprint density at radius 2 is 1.88 bits per heavy atom. The van der Waals surface area contributed by atoms with Gasteiger partial charge in [-0.25, -0.2) is 0 Å². The van der Waals surface area contributed by atoms with Gasteiger partial charge in [0.15, 0.2) is 0 Å². The molecule has 0 saturated carbocycles. The summed E-state index contributed by atoms with van der Waals surface area (Å²) in [5.41, 5.74) is 2.79. The molecule has 1 aliphatic heterocycles. The quantitative estimate of drug-likeness (QED) is 0.871. The summed E-state index contributed by atoms with van der Waals surface area (Å²) in [5.74, 6) is 3.62. The third kappa shape index (κ3) is 3.75. The second-order valence-electron chi connectivity index (χ2n) is 5.04. The van der Waals surface area contributed by atoms with Gasteiger partial charge in [-0.3, -0.25) is 0 Å². The van der Waals surface area contributed by atoms with Crippen LogP contribution in [0.25, 0.3) is 0 Å². The van der Waals surface area contributed by atoms with E-state index in [9.17, 15) is 0 Å². The van der Waals surface area contributed by atoms with E-state index < -0.39 is 0 Å². The first-order chi connectivity index (χ1) is 8.29. The van der Waals surface area contributed by atoms with Gasteiger partial charge in [0.2, 0.25) is 0 Å². The molecule has 1 N–H and O–H groups in total. The van der Waals surface area contributed by atoms with Gasteiger partial charge < -0.3 is 5.32 Å². The van der Waals surface area contributed by atoms with E-state index in [0.29, 0.717) is 6.04 Å². The van der Waals surface area contributed by atoms with Crippen LogP contribution in [0.3, 0.4) is 0 Å². The molecule has 1 aromatic carbocycles. The Kier molecular flexibility index (Phi) is 4.93. The molecule has 0 spiro atoms. The van der Waals surface area contributed by atoms with Gasteiger partial charge in [0.25, 0.3) is 0 Å². The number of thioether (sulfide) groups is 1. The Morgan fingerprint density at radius 1 is 1.24 bits per heavy atom. The topological polar surface area (TPSA) is 12.0 Å². The van der Waals surface area contributed by atoms with Crippen LogP contribution >= 0.6 is 11.8 Å². The average Bonchev–Trinajstić information content (AvgIpc) is 2.38. The van der Waals surface area contributed by atoms with Gasteiger partial charge in [-0.05, 0) is 56.2 Å². The lowest BCUT2D eigenvalue weighted by molar-refractivity contribution is 0.384. The average molecular weight is 249 g/mol. The monoisotopic (exact) mass is 249 g/mol. The molecule has 1 nitrogen and oxygen atoms in total. The Labute approximate surface area is 109 Å². The Balaban J connectivity index is 1.97. The van der Waals surface area contributed by atoms with E-state index >= 15 is 0 Å². The molecule has 1 heterocycles. The van der Waals surface area contributed by atoms with Crippen LogP contribution < -0.4 is 5.32 Å². The molecule has 0 radical (unpaired) electrons. The minimum absolute atomic E-state index is 0.531. The van der Waals surface area contributed by atoms with Crippen LogP contribution in [0.15, 0.2) is 24.3 Å². The first-order valence-electron chi connectivity index (χ1n) is 6.61. The van der Waals surface area contributed by atoms with Crippen molar-refractivity contribution in [2.45, 2.75) is 32.2 Å². The first kappa shape index (κ1) is 13.0. The number of rotatable bonds is 4. The third-order valence-corrected chi connectivity index (χ3v) is 4.79. The molecule has 1 aromatic rings. The summed E-state index contributed by atoms with van der Waals surface area (Å²) in [6, 6.07) is 9.51. The van der Waals surface area contributed by atoms with E-state index in [1.807, 2.05) is 0 Å². The highest BCUT2D eigenvalue weighted by atomic mass is 32.2. The minimum atomic E-state index is 0.531. The number of nitrogens with one attached hydrogen (secondary N) is 1. The third-order valence-electron chi connectivity index (χ3n) is 3.74. The summed E-state index contributed by atoms with van der Waals surface area (Å²) in [7, 11) is 2.09. The zero-order valence-electron chi connectivity index (χ0n) is 10.9. The van der Waals surface area contributed by atoms with Crippen molar-refractivity contribution in [2.24, 2.45) is 5.92 Å². The van der Waals surface area contributed by atoms with Crippen LogP contribution in [-0.4, -0.2) is 18.6 Å². The SMILES string of the molecule is CNC(CC1CCSCC1)c1ccc(C)cc1. The second-order valence-corrected chi connectivity index (χ2v) is 6.27. The fourth-order valence-corrected chi connectivity index (χ4v) is 3.74. The molecule has 17 heavy (non-hydrogen) atoms. The van der Waals surface area contributed by atoms with Crippen molar-refractivity contribution in [3.8, 4) is 0 Å². The lowest BCUT2D eigenvalue weighted by Crippen LogP contribution is -2.22. The van der Waals surface area contributed by atoms with E-state index in [1.165, 1.54) is 41.9 Å². The fourth-order valence-electron chi connectivity index (χ4n) is 2.53. The second kappa shape index (κ2) is 6.46. The normalized spacial score (nSPS) is 19.2. The van der Waals surface area contributed by atoms with E-state index in [4.69, 9.17) is 0 Å². The molecule has 1 atom stereocenters. The smallest absolute Gasteiger partial charge is 0.0320 e. The van der Waals surface area contributed by atoms with E-state index in [-0.39, 0.29) is 0 Å². The molecule has 1 aliphatic rings. The first-order valence-corrected chi connectivity index (χ1v) is 7.76. The van der Waals surface area contributed by atoms with Gasteiger partial charge in [-0.15, -0.1) is 0 Å². The van der Waals surface area contributed by atoms with Gasteiger partial charge in [-0.1, -0.05) is 29.8 Å². The largest absolute Gasteiger partial charge is 0.313 e. The van der Waals surface area contributed by atoms with Gasteiger partial charge in [0.1, 0.15) is 0 Å². The van der Waals surface area contributed by atoms with Crippen LogP contribution in [0, 0.1) is 12.8 Å². The van der Waals surface area contributed by atoms with E-state index in [1.54, 1.807) is 0 Å². The number of aryl methyl sites for hydroxylation is 1. The van der Waals surface area contributed by atoms with Crippen LogP contribution in [0.2, 0.25) is 0 Å². The van der Waals surface area contributed by atoms with E-state index in [0.717, 1.165) is 5.92 Å². The molecule has 1 unspecified atom stereocenters. The number of hydrogen-bond acceptors (Lipinski definition) is 2. The maximum atomic E-state index is 3.48.